The van der Waals surface area contributed by atoms with Gasteiger partial charge < -0.3 is 15.6 Å². The molecule has 0 aliphatic heterocycles. The first-order chi connectivity index (χ1) is 12.6. The number of aromatic nitrogens is 3. The molecule has 0 fully saturated rings. The molecule has 0 atom stereocenters. The number of nitrogen functional groups attached to an aromatic ring is 1. The molecule has 0 aliphatic rings. The topological polar surface area (TPSA) is 99.0 Å². The minimum Gasteiger partial charge on any atom is -0.469 e. The summed E-state index contributed by atoms with van der Waals surface area (Å²) < 4.78 is 6.64. The second-order valence-electron chi connectivity index (χ2n) is 5.79. The molecule has 0 aliphatic carbocycles. The van der Waals surface area contributed by atoms with Crippen molar-refractivity contribution in [3.63, 3.8) is 0 Å². The SMILES string of the molecule is Cc1occc1-c1nnc(SCC(=O)NCCCc2ccccc2)n1N. The summed E-state index contributed by atoms with van der Waals surface area (Å²) in [6.07, 6.45) is 3.42. The lowest BCUT2D eigenvalue weighted by Crippen LogP contribution is -2.26. The predicted octanol–water partition coefficient (Wildman–Crippen LogP) is 2.40. The Hall–Kier alpha value is -2.74. The number of carbonyl (C=O) groups excluding carboxylic acids is 1. The molecule has 7 nitrogen and oxygen atoms in total. The number of hydrogen-bond donors (Lipinski definition) is 2. The molecule has 136 valence electrons. The van der Waals surface area contributed by atoms with Gasteiger partial charge in [0.2, 0.25) is 11.1 Å². The van der Waals surface area contributed by atoms with Gasteiger partial charge in [-0.05, 0) is 31.4 Å². The van der Waals surface area contributed by atoms with E-state index in [0.29, 0.717) is 17.5 Å². The molecule has 0 saturated heterocycles. The van der Waals surface area contributed by atoms with Gasteiger partial charge in [0.15, 0.2) is 5.82 Å². The first-order valence-corrected chi connectivity index (χ1v) is 9.32. The monoisotopic (exact) mass is 371 g/mol. The highest BCUT2D eigenvalue weighted by molar-refractivity contribution is 7.99. The number of aryl methyl sites for hydroxylation is 2. The Morgan fingerprint density at radius 3 is 2.81 bits per heavy atom. The molecule has 1 amide bonds. The number of thioether (sulfide) groups is 1. The number of carbonyl (C=O) groups is 1. The maximum Gasteiger partial charge on any atom is 0.230 e. The Morgan fingerprint density at radius 1 is 1.27 bits per heavy atom. The van der Waals surface area contributed by atoms with Crippen molar-refractivity contribution in [1.82, 2.24) is 20.2 Å². The summed E-state index contributed by atoms with van der Waals surface area (Å²) in [7, 11) is 0. The number of hydrogen-bond acceptors (Lipinski definition) is 6. The quantitative estimate of drug-likeness (QED) is 0.358. The van der Waals surface area contributed by atoms with Crippen molar-refractivity contribution in [3.8, 4) is 11.4 Å². The molecule has 26 heavy (non-hydrogen) atoms. The average Bonchev–Trinajstić information content (AvgIpc) is 3.23. The van der Waals surface area contributed by atoms with Crippen LogP contribution in [-0.2, 0) is 11.2 Å². The van der Waals surface area contributed by atoms with Crippen molar-refractivity contribution in [3.05, 3.63) is 54.0 Å². The van der Waals surface area contributed by atoms with Gasteiger partial charge in [-0.1, -0.05) is 42.1 Å². The Morgan fingerprint density at radius 2 is 2.08 bits per heavy atom. The Kier molecular flexibility index (Phi) is 5.96. The molecule has 1 aromatic carbocycles. The summed E-state index contributed by atoms with van der Waals surface area (Å²) in [4.78, 5) is 12.0. The summed E-state index contributed by atoms with van der Waals surface area (Å²) in [6, 6.07) is 12.0. The molecule has 0 radical (unpaired) electrons. The minimum absolute atomic E-state index is 0.0490. The number of rotatable bonds is 8. The molecular weight excluding hydrogens is 350 g/mol. The van der Waals surface area contributed by atoms with E-state index < -0.39 is 0 Å². The fraction of sp³-hybridized carbons (Fsp3) is 0.278. The normalized spacial score (nSPS) is 10.8. The lowest BCUT2D eigenvalue weighted by molar-refractivity contribution is -0.118. The number of nitrogens with zero attached hydrogens (tertiary/aromatic N) is 3. The third kappa shape index (κ3) is 4.45. The van der Waals surface area contributed by atoms with Crippen LogP contribution >= 0.6 is 11.8 Å². The average molecular weight is 371 g/mol. The van der Waals surface area contributed by atoms with E-state index in [1.165, 1.54) is 22.0 Å². The van der Waals surface area contributed by atoms with Crippen molar-refractivity contribution in [2.45, 2.75) is 24.9 Å². The van der Waals surface area contributed by atoms with Crippen molar-refractivity contribution in [1.29, 1.82) is 0 Å². The maximum atomic E-state index is 12.0. The number of nitrogens with one attached hydrogen (secondary N) is 1. The summed E-state index contributed by atoms with van der Waals surface area (Å²) in [6.45, 7) is 2.47. The maximum absolute atomic E-state index is 12.0. The van der Waals surface area contributed by atoms with Crippen LogP contribution in [-0.4, -0.2) is 33.1 Å². The van der Waals surface area contributed by atoms with Gasteiger partial charge in [0.1, 0.15) is 5.76 Å². The van der Waals surface area contributed by atoms with Gasteiger partial charge in [-0.2, -0.15) is 0 Å². The summed E-state index contributed by atoms with van der Waals surface area (Å²) in [5.41, 5.74) is 2.06. The third-order valence-electron chi connectivity index (χ3n) is 3.90. The first kappa shape index (κ1) is 18.1. The van der Waals surface area contributed by atoms with E-state index in [4.69, 9.17) is 10.3 Å². The molecule has 2 heterocycles. The number of benzene rings is 1. The fourth-order valence-corrected chi connectivity index (χ4v) is 3.21. The van der Waals surface area contributed by atoms with Crippen LogP contribution in [0.1, 0.15) is 17.7 Å². The molecular formula is C18H21N5O2S. The van der Waals surface area contributed by atoms with E-state index in [1.807, 2.05) is 25.1 Å². The Bertz CT molecular complexity index is 860. The summed E-state index contributed by atoms with van der Waals surface area (Å²) in [5.74, 6) is 7.46. The molecule has 0 spiro atoms. The fourth-order valence-electron chi connectivity index (χ4n) is 2.52. The lowest BCUT2D eigenvalue weighted by atomic mass is 10.1. The Labute approximate surface area is 156 Å². The molecule has 3 rings (SSSR count). The van der Waals surface area contributed by atoms with E-state index in [2.05, 4.69) is 27.6 Å². The number of furan rings is 1. The van der Waals surface area contributed by atoms with Crippen molar-refractivity contribution < 1.29 is 9.21 Å². The molecule has 0 bridgehead atoms. The van der Waals surface area contributed by atoms with Crippen LogP contribution in [0.15, 0.2) is 52.2 Å². The van der Waals surface area contributed by atoms with Crippen LogP contribution in [0.3, 0.4) is 0 Å². The van der Waals surface area contributed by atoms with Gasteiger partial charge in [0.25, 0.3) is 0 Å². The third-order valence-corrected chi connectivity index (χ3v) is 4.85. The van der Waals surface area contributed by atoms with Crippen LogP contribution in [0.2, 0.25) is 0 Å². The molecule has 3 N–H and O–H groups in total. The number of nitrogens with two attached hydrogens (primary N) is 1. The van der Waals surface area contributed by atoms with Crippen LogP contribution in [0.25, 0.3) is 11.4 Å². The summed E-state index contributed by atoms with van der Waals surface area (Å²) in [5, 5.41) is 11.5. The predicted molar refractivity (Wildman–Crippen MR) is 101 cm³/mol. The highest BCUT2D eigenvalue weighted by Crippen LogP contribution is 2.24. The smallest absolute Gasteiger partial charge is 0.230 e. The van der Waals surface area contributed by atoms with Crippen LogP contribution < -0.4 is 11.2 Å². The molecule has 0 unspecified atom stereocenters. The van der Waals surface area contributed by atoms with E-state index in [9.17, 15) is 4.79 Å². The van der Waals surface area contributed by atoms with Crippen LogP contribution in [0, 0.1) is 6.92 Å². The summed E-state index contributed by atoms with van der Waals surface area (Å²) >= 11 is 1.26. The largest absolute Gasteiger partial charge is 0.469 e. The standard InChI is InChI=1S/C18H21N5O2S/c1-13-15(9-11-25-13)17-21-22-18(23(17)19)26-12-16(24)20-10-5-8-14-6-3-2-4-7-14/h2-4,6-7,9,11H,5,8,10,12,19H2,1H3,(H,20,24). The second-order valence-corrected chi connectivity index (χ2v) is 6.74. The first-order valence-electron chi connectivity index (χ1n) is 8.33. The van der Waals surface area contributed by atoms with Crippen molar-refractivity contribution in [2.75, 3.05) is 18.1 Å². The number of amides is 1. The van der Waals surface area contributed by atoms with Gasteiger partial charge in [-0.15, -0.1) is 10.2 Å². The van der Waals surface area contributed by atoms with Gasteiger partial charge in [-0.25, -0.2) is 4.68 Å². The highest BCUT2D eigenvalue weighted by Gasteiger charge is 2.16. The zero-order chi connectivity index (χ0) is 18.4. The van der Waals surface area contributed by atoms with E-state index in [-0.39, 0.29) is 11.7 Å². The van der Waals surface area contributed by atoms with E-state index >= 15 is 0 Å². The van der Waals surface area contributed by atoms with Gasteiger partial charge >= 0.3 is 0 Å². The van der Waals surface area contributed by atoms with E-state index in [1.54, 1.807) is 12.3 Å². The molecule has 2 aromatic heterocycles. The second kappa shape index (κ2) is 8.57. The lowest BCUT2D eigenvalue weighted by Gasteiger charge is -2.05. The molecule has 3 aromatic rings. The molecule has 0 saturated carbocycles. The van der Waals surface area contributed by atoms with Crippen LogP contribution in [0.4, 0.5) is 0 Å². The van der Waals surface area contributed by atoms with E-state index in [0.717, 1.165) is 24.2 Å². The van der Waals surface area contributed by atoms with Gasteiger partial charge in [0.05, 0.1) is 17.6 Å². The Balaban J connectivity index is 1.43. The zero-order valence-electron chi connectivity index (χ0n) is 14.5. The van der Waals surface area contributed by atoms with Gasteiger partial charge in [-0.3, -0.25) is 4.79 Å². The highest BCUT2D eigenvalue weighted by atomic mass is 32.2. The minimum atomic E-state index is -0.0490. The van der Waals surface area contributed by atoms with Crippen LogP contribution in [0.5, 0.6) is 0 Å². The van der Waals surface area contributed by atoms with Crippen molar-refractivity contribution >= 4 is 17.7 Å². The van der Waals surface area contributed by atoms with Gasteiger partial charge in [0, 0.05) is 6.54 Å². The molecule has 8 heteroatoms. The van der Waals surface area contributed by atoms with Crippen molar-refractivity contribution in [2.24, 2.45) is 0 Å². The zero-order valence-corrected chi connectivity index (χ0v) is 15.3.